The molecule has 0 saturated carbocycles. The number of hydrogen-bond acceptors (Lipinski definition) is 2. The van der Waals surface area contributed by atoms with Crippen molar-refractivity contribution in [1.82, 2.24) is 4.90 Å². The number of ether oxygens (including phenoxy) is 1. The summed E-state index contributed by atoms with van der Waals surface area (Å²) >= 11 is 0. The van der Waals surface area contributed by atoms with E-state index in [1.54, 1.807) is 7.11 Å². The lowest BCUT2D eigenvalue weighted by Crippen LogP contribution is -2.64. The molecule has 0 bridgehead atoms. The first-order valence-electron chi connectivity index (χ1n) is 4.21. The second-order valence-electron chi connectivity index (χ2n) is 3.34. The van der Waals surface area contributed by atoms with Gasteiger partial charge >= 0.3 is 0 Å². The molecule has 0 atom stereocenters. The number of rotatable bonds is 2. The molecule has 1 aliphatic rings. The third-order valence-electron chi connectivity index (χ3n) is 2.19. The standard InChI is InChI=1S/C8H17N3O/c1-4-10-7(9)11-5-8(2,6-11)12-3/h4-6H2,1-3H3,(H2,9,10). The molecule has 0 aliphatic carbocycles. The third kappa shape index (κ3) is 1.69. The minimum absolute atomic E-state index is 0.0200. The average Bonchev–Trinajstić information content (AvgIpc) is 1.99. The molecule has 4 nitrogen and oxygen atoms in total. The molecule has 0 aromatic heterocycles. The Morgan fingerprint density at radius 2 is 2.25 bits per heavy atom. The van der Waals surface area contributed by atoms with Crippen LogP contribution in [0.4, 0.5) is 0 Å². The molecule has 2 N–H and O–H groups in total. The van der Waals surface area contributed by atoms with Crippen molar-refractivity contribution in [2.24, 2.45) is 10.7 Å². The van der Waals surface area contributed by atoms with Crippen LogP contribution in [0.5, 0.6) is 0 Å². The summed E-state index contributed by atoms with van der Waals surface area (Å²) < 4.78 is 5.28. The fraction of sp³-hybridized carbons (Fsp3) is 0.875. The highest BCUT2D eigenvalue weighted by molar-refractivity contribution is 5.79. The van der Waals surface area contributed by atoms with Crippen molar-refractivity contribution < 1.29 is 4.74 Å². The molecule has 1 aliphatic heterocycles. The molecule has 12 heavy (non-hydrogen) atoms. The Labute approximate surface area is 73.4 Å². The van der Waals surface area contributed by atoms with Gasteiger partial charge in [-0.3, -0.25) is 4.99 Å². The van der Waals surface area contributed by atoms with Crippen LogP contribution in [-0.2, 0) is 4.74 Å². The topological polar surface area (TPSA) is 50.8 Å². The normalized spacial score (nSPS) is 22.2. The summed E-state index contributed by atoms with van der Waals surface area (Å²) in [6.07, 6.45) is 0. The molecule has 1 fully saturated rings. The van der Waals surface area contributed by atoms with Crippen LogP contribution in [0.2, 0.25) is 0 Å². The lowest BCUT2D eigenvalue weighted by molar-refractivity contribution is -0.0833. The van der Waals surface area contributed by atoms with Gasteiger partial charge in [0.1, 0.15) is 5.60 Å². The van der Waals surface area contributed by atoms with Crippen LogP contribution in [0, 0.1) is 0 Å². The molecular weight excluding hydrogens is 154 g/mol. The van der Waals surface area contributed by atoms with Crippen molar-refractivity contribution in [2.75, 3.05) is 26.7 Å². The summed E-state index contributed by atoms with van der Waals surface area (Å²) in [6, 6.07) is 0. The number of methoxy groups -OCH3 is 1. The van der Waals surface area contributed by atoms with Gasteiger partial charge in [0, 0.05) is 13.7 Å². The largest absolute Gasteiger partial charge is 0.375 e. The predicted molar refractivity (Wildman–Crippen MR) is 49.2 cm³/mol. The van der Waals surface area contributed by atoms with E-state index in [9.17, 15) is 0 Å². The van der Waals surface area contributed by atoms with Crippen molar-refractivity contribution in [3.05, 3.63) is 0 Å². The molecule has 4 heteroatoms. The first-order valence-corrected chi connectivity index (χ1v) is 4.21. The molecule has 0 radical (unpaired) electrons. The Balaban J connectivity index is 2.39. The number of guanidine groups is 1. The summed E-state index contributed by atoms with van der Waals surface area (Å²) in [7, 11) is 1.73. The summed E-state index contributed by atoms with van der Waals surface area (Å²) in [5, 5.41) is 0. The SMILES string of the molecule is CCN=C(N)N1CC(C)(OC)C1. The Morgan fingerprint density at radius 3 is 2.67 bits per heavy atom. The molecule has 1 rings (SSSR count). The van der Waals surface area contributed by atoms with Gasteiger partial charge in [0.15, 0.2) is 5.96 Å². The van der Waals surface area contributed by atoms with Gasteiger partial charge in [-0.05, 0) is 13.8 Å². The van der Waals surface area contributed by atoms with E-state index >= 15 is 0 Å². The predicted octanol–water partition coefficient (Wildman–Crippen LogP) is 0.0417. The third-order valence-corrected chi connectivity index (χ3v) is 2.19. The fourth-order valence-electron chi connectivity index (χ4n) is 1.31. The quantitative estimate of drug-likeness (QED) is 0.471. The summed E-state index contributed by atoms with van der Waals surface area (Å²) in [4.78, 5) is 6.13. The molecule has 0 aromatic carbocycles. The average molecular weight is 171 g/mol. The number of likely N-dealkylation sites (tertiary alicyclic amines) is 1. The summed E-state index contributed by atoms with van der Waals surface area (Å²) in [5.41, 5.74) is 5.67. The van der Waals surface area contributed by atoms with E-state index in [4.69, 9.17) is 10.5 Å². The highest BCUT2D eigenvalue weighted by Gasteiger charge is 2.39. The molecule has 0 unspecified atom stereocenters. The lowest BCUT2D eigenvalue weighted by atomic mass is 9.97. The molecule has 1 saturated heterocycles. The second kappa shape index (κ2) is 3.31. The number of nitrogens with zero attached hydrogens (tertiary/aromatic N) is 2. The van der Waals surface area contributed by atoms with Crippen molar-refractivity contribution in [1.29, 1.82) is 0 Å². The highest BCUT2D eigenvalue weighted by Crippen LogP contribution is 2.22. The number of aliphatic imine (C=N–C) groups is 1. The van der Waals surface area contributed by atoms with Crippen LogP contribution in [0.1, 0.15) is 13.8 Å². The van der Waals surface area contributed by atoms with Gasteiger partial charge in [0.2, 0.25) is 0 Å². The van der Waals surface area contributed by atoms with E-state index in [-0.39, 0.29) is 5.60 Å². The van der Waals surface area contributed by atoms with Crippen LogP contribution in [0.3, 0.4) is 0 Å². The highest BCUT2D eigenvalue weighted by atomic mass is 16.5. The van der Waals surface area contributed by atoms with Crippen molar-refractivity contribution in [3.63, 3.8) is 0 Å². The van der Waals surface area contributed by atoms with Gasteiger partial charge in [0.05, 0.1) is 13.1 Å². The van der Waals surface area contributed by atoms with Crippen LogP contribution < -0.4 is 5.73 Å². The van der Waals surface area contributed by atoms with Gasteiger partial charge in [-0.2, -0.15) is 0 Å². The maximum atomic E-state index is 5.69. The van der Waals surface area contributed by atoms with E-state index in [0.29, 0.717) is 5.96 Å². The van der Waals surface area contributed by atoms with Crippen LogP contribution in [0.25, 0.3) is 0 Å². The maximum absolute atomic E-state index is 5.69. The zero-order valence-corrected chi connectivity index (χ0v) is 8.00. The summed E-state index contributed by atoms with van der Waals surface area (Å²) in [5.74, 6) is 0.632. The summed E-state index contributed by atoms with van der Waals surface area (Å²) in [6.45, 7) is 6.48. The van der Waals surface area contributed by atoms with Crippen molar-refractivity contribution in [3.8, 4) is 0 Å². The molecule has 0 amide bonds. The number of nitrogens with two attached hydrogens (primary N) is 1. The van der Waals surface area contributed by atoms with Gasteiger partial charge < -0.3 is 15.4 Å². The first-order chi connectivity index (χ1) is 5.61. The molecular formula is C8H17N3O. The molecule has 0 spiro atoms. The zero-order chi connectivity index (χ0) is 9.19. The van der Waals surface area contributed by atoms with E-state index in [1.807, 2.05) is 11.8 Å². The maximum Gasteiger partial charge on any atom is 0.191 e. The second-order valence-corrected chi connectivity index (χ2v) is 3.34. The van der Waals surface area contributed by atoms with Gasteiger partial charge in [0.25, 0.3) is 0 Å². The van der Waals surface area contributed by atoms with E-state index in [2.05, 4.69) is 11.9 Å². The minimum Gasteiger partial charge on any atom is -0.375 e. The smallest absolute Gasteiger partial charge is 0.191 e. The fourth-order valence-corrected chi connectivity index (χ4v) is 1.31. The van der Waals surface area contributed by atoms with E-state index < -0.39 is 0 Å². The Kier molecular flexibility index (Phi) is 2.57. The first kappa shape index (κ1) is 9.32. The molecule has 0 aromatic rings. The molecule has 70 valence electrons. The van der Waals surface area contributed by atoms with Crippen LogP contribution >= 0.6 is 0 Å². The lowest BCUT2D eigenvalue weighted by Gasteiger charge is -2.47. The van der Waals surface area contributed by atoms with E-state index in [1.165, 1.54) is 0 Å². The minimum atomic E-state index is -0.0200. The monoisotopic (exact) mass is 171 g/mol. The molecule has 1 heterocycles. The Hall–Kier alpha value is -0.770. The van der Waals surface area contributed by atoms with Crippen LogP contribution in [0.15, 0.2) is 4.99 Å². The van der Waals surface area contributed by atoms with Crippen LogP contribution in [-0.4, -0.2) is 43.2 Å². The zero-order valence-electron chi connectivity index (χ0n) is 8.00. The Bertz CT molecular complexity index is 185. The van der Waals surface area contributed by atoms with Gasteiger partial charge in [-0.1, -0.05) is 0 Å². The van der Waals surface area contributed by atoms with Gasteiger partial charge in [-0.15, -0.1) is 0 Å². The number of hydrogen-bond donors (Lipinski definition) is 1. The van der Waals surface area contributed by atoms with E-state index in [0.717, 1.165) is 19.6 Å². The van der Waals surface area contributed by atoms with Crippen molar-refractivity contribution in [2.45, 2.75) is 19.4 Å². The van der Waals surface area contributed by atoms with Crippen molar-refractivity contribution >= 4 is 5.96 Å². The van der Waals surface area contributed by atoms with Gasteiger partial charge in [-0.25, -0.2) is 0 Å². The Morgan fingerprint density at radius 1 is 1.67 bits per heavy atom.